The molecule has 0 radical (unpaired) electrons. The normalized spacial score (nSPS) is 24.9. The Kier molecular flexibility index (Phi) is 4.93. The highest BCUT2D eigenvalue weighted by molar-refractivity contribution is 7.18. The zero-order valence-electron chi connectivity index (χ0n) is 15.5. The molecule has 4 rings (SSSR count). The molecule has 1 N–H and O–H groups in total. The summed E-state index contributed by atoms with van der Waals surface area (Å²) in [6.07, 6.45) is 3.80. The van der Waals surface area contributed by atoms with E-state index in [0.717, 1.165) is 55.2 Å². The molecule has 1 aliphatic carbocycles. The molecule has 1 aliphatic heterocycles. The molecule has 0 spiro atoms. The molecule has 5 nitrogen and oxygen atoms in total. The van der Waals surface area contributed by atoms with Crippen molar-refractivity contribution in [1.29, 1.82) is 0 Å². The minimum atomic E-state index is 0.545. The lowest BCUT2D eigenvalue weighted by atomic mass is 10.1. The highest BCUT2D eigenvalue weighted by Gasteiger charge is 2.24. The Hall–Kier alpha value is -1.24. The van der Waals surface area contributed by atoms with Gasteiger partial charge >= 0.3 is 0 Å². The fourth-order valence-corrected chi connectivity index (χ4v) is 5.01. The van der Waals surface area contributed by atoms with E-state index in [1.165, 1.54) is 35.1 Å². The molecule has 2 atom stereocenters. The van der Waals surface area contributed by atoms with Crippen molar-refractivity contribution in [1.82, 2.24) is 14.9 Å². The number of nitrogens with zero attached hydrogens (tertiary/aromatic N) is 3. The van der Waals surface area contributed by atoms with Gasteiger partial charge in [-0.25, -0.2) is 9.97 Å². The van der Waals surface area contributed by atoms with Crippen molar-refractivity contribution in [3.8, 4) is 0 Å². The average molecular weight is 361 g/mol. The van der Waals surface area contributed by atoms with E-state index in [0.29, 0.717) is 6.04 Å². The fourth-order valence-electron chi connectivity index (χ4n) is 3.96. The van der Waals surface area contributed by atoms with E-state index in [4.69, 9.17) is 14.7 Å². The van der Waals surface area contributed by atoms with Gasteiger partial charge in [-0.05, 0) is 44.6 Å². The van der Waals surface area contributed by atoms with Crippen molar-refractivity contribution in [2.75, 3.05) is 31.6 Å². The molecule has 3 heterocycles. The van der Waals surface area contributed by atoms with Gasteiger partial charge in [0.25, 0.3) is 0 Å². The predicted molar refractivity (Wildman–Crippen MR) is 103 cm³/mol. The van der Waals surface area contributed by atoms with Gasteiger partial charge in [0, 0.05) is 24.0 Å². The topological polar surface area (TPSA) is 50.3 Å². The Bertz CT molecular complexity index is 753. The summed E-state index contributed by atoms with van der Waals surface area (Å²) in [7, 11) is 0. The second kappa shape index (κ2) is 7.17. The molecule has 1 saturated carbocycles. The van der Waals surface area contributed by atoms with Crippen LogP contribution >= 0.6 is 11.3 Å². The van der Waals surface area contributed by atoms with E-state index >= 15 is 0 Å². The Labute approximate surface area is 153 Å². The van der Waals surface area contributed by atoms with Crippen LogP contribution in [-0.4, -0.2) is 47.2 Å². The highest BCUT2D eigenvalue weighted by atomic mass is 32.1. The van der Waals surface area contributed by atoms with Crippen LogP contribution in [-0.2, 0) is 11.3 Å². The van der Waals surface area contributed by atoms with Gasteiger partial charge in [0.15, 0.2) is 0 Å². The van der Waals surface area contributed by atoms with Gasteiger partial charge in [0.2, 0.25) is 0 Å². The van der Waals surface area contributed by atoms with Crippen LogP contribution in [0.3, 0.4) is 0 Å². The molecule has 2 aliphatic rings. The molecule has 1 saturated heterocycles. The van der Waals surface area contributed by atoms with Crippen molar-refractivity contribution in [2.45, 2.75) is 52.6 Å². The number of nitrogens with one attached hydrogen (secondary N) is 1. The minimum absolute atomic E-state index is 0.545. The summed E-state index contributed by atoms with van der Waals surface area (Å²) < 4.78 is 5.46. The number of morpholine rings is 1. The number of aryl methyl sites for hydroxylation is 2. The monoisotopic (exact) mass is 360 g/mol. The average Bonchev–Trinajstić information content (AvgIpc) is 3.12. The lowest BCUT2D eigenvalue weighted by Crippen LogP contribution is -2.36. The molecule has 2 unspecified atom stereocenters. The molecule has 6 heteroatoms. The standard InChI is InChI=1S/C19H28N4OS/c1-12-4-5-15(10-12)20-18-17-13(2)14(3)25-19(17)22-16(21-18)11-23-6-8-24-9-7-23/h12,15H,4-11H2,1-3H3,(H,20,21,22). The molecule has 136 valence electrons. The lowest BCUT2D eigenvalue weighted by molar-refractivity contribution is 0.0331. The largest absolute Gasteiger partial charge is 0.379 e. The molecule has 0 bridgehead atoms. The predicted octanol–water partition coefficient (Wildman–Crippen LogP) is 3.74. The molecule has 0 aromatic carbocycles. The van der Waals surface area contributed by atoms with Crippen molar-refractivity contribution in [2.24, 2.45) is 5.92 Å². The second-order valence-electron chi connectivity index (χ2n) is 7.60. The van der Waals surface area contributed by atoms with Crippen molar-refractivity contribution < 1.29 is 4.74 Å². The van der Waals surface area contributed by atoms with Crippen LogP contribution < -0.4 is 5.32 Å². The third-order valence-electron chi connectivity index (χ3n) is 5.58. The first-order chi connectivity index (χ1) is 12.1. The molecule has 0 amide bonds. The molecular formula is C19H28N4OS. The molecular weight excluding hydrogens is 332 g/mol. The van der Waals surface area contributed by atoms with Gasteiger partial charge in [0.1, 0.15) is 16.5 Å². The summed E-state index contributed by atoms with van der Waals surface area (Å²) in [4.78, 5) is 14.7. The number of thiophene rings is 1. The van der Waals surface area contributed by atoms with Gasteiger partial charge in [-0.1, -0.05) is 6.92 Å². The molecule has 25 heavy (non-hydrogen) atoms. The number of hydrogen-bond donors (Lipinski definition) is 1. The smallest absolute Gasteiger partial charge is 0.146 e. The third-order valence-corrected chi connectivity index (χ3v) is 6.68. The van der Waals surface area contributed by atoms with Crippen LogP contribution in [0.5, 0.6) is 0 Å². The van der Waals surface area contributed by atoms with E-state index in [-0.39, 0.29) is 0 Å². The maximum Gasteiger partial charge on any atom is 0.146 e. The number of anilines is 1. The van der Waals surface area contributed by atoms with Gasteiger partial charge in [-0.15, -0.1) is 11.3 Å². The van der Waals surface area contributed by atoms with E-state index < -0.39 is 0 Å². The van der Waals surface area contributed by atoms with Crippen molar-refractivity contribution in [3.63, 3.8) is 0 Å². The number of ether oxygens (including phenoxy) is 1. The summed E-state index contributed by atoms with van der Waals surface area (Å²) in [5, 5.41) is 4.99. The van der Waals surface area contributed by atoms with E-state index in [9.17, 15) is 0 Å². The first-order valence-corrected chi connectivity index (χ1v) is 10.2. The Morgan fingerprint density at radius 2 is 2.00 bits per heavy atom. The van der Waals surface area contributed by atoms with Crippen molar-refractivity contribution in [3.05, 3.63) is 16.3 Å². The Morgan fingerprint density at radius 3 is 2.72 bits per heavy atom. The quantitative estimate of drug-likeness (QED) is 0.900. The van der Waals surface area contributed by atoms with E-state index in [2.05, 4.69) is 31.0 Å². The van der Waals surface area contributed by atoms with Crippen LogP contribution in [0.1, 0.15) is 42.5 Å². The second-order valence-corrected chi connectivity index (χ2v) is 8.80. The number of aromatic nitrogens is 2. The maximum absolute atomic E-state index is 5.46. The summed E-state index contributed by atoms with van der Waals surface area (Å²) >= 11 is 1.79. The number of hydrogen-bond acceptors (Lipinski definition) is 6. The minimum Gasteiger partial charge on any atom is -0.379 e. The van der Waals surface area contributed by atoms with Gasteiger partial charge in [-0.2, -0.15) is 0 Å². The van der Waals surface area contributed by atoms with Gasteiger partial charge in [-0.3, -0.25) is 4.90 Å². The summed E-state index contributed by atoms with van der Waals surface area (Å²) in [5.41, 5.74) is 1.33. The van der Waals surface area contributed by atoms with Gasteiger partial charge < -0.3 is 10.1 Å². The molecule has 2 aromatic heterocycles. The zero-order chi connectivity index (χ0) is 17.4. The van der Waals surface area contributed by atoms with E-state index in [1.54, 1.807) is 11.3 Å². The maximum atomic E-state index is 5.46. The summed E-state index contributed by atoms with van der Waals surface area (Å²) in [5.74, 6) is 2.80. The number of fused-ring (bicyclic) bond motifs is 1. The summed E-state index contributed by atoms with van der Waals surface area (Å²) in [6.45, 7) is 11.1. The Morgan fingerprint density at radius 1 is 1.20 bits per heavy atom. The first-order valence-electron chi connectivity index (χ1n) is 9.43. The van der Waals surface area contributed by atoms with Crippen LogP contribution in [0.25, 0.3) is 10.2 Å². The fraction of sp³-hybridized carbons (Fsp3) is 0.684. The zero-order valence-corrected chi connectivity index (χ0v) is 16.3. The summed E-state index contributed by atoms with van der Waals surface area (Å²) in [6, 6.07) is 0.545. The third kappa shape index (κ3) is 3.66. The van der Waals surface area contributed by atoms with Gasteiger partial charge in [0.05, 0.1) is 25.1 Å². The SMILES string of the molecule is Cc1sc2nc(CN3CCOCC3)nc(NC3CCC(C)C3)c2c1C. The lowest BCUT2D eigenvalue weighted by Gasteiger charge is -2.26. The van der Waals surface area contributed by atoms with Crippen LogP contribution in [0.15, 0.2) is 0 Å². The first kappa shape index (κ1) is 17.2. The molecule has 2 fully saturated rings. The molecule has 2 aromatic rings. The van der Waals surface area contributed by atoms with Crippen molar-refractivity contribution >= 4 is 27.4 Å². The Balaban J connectivity index is 1.65. The van der Waals surface area contributed by atoms with Crippen LogP contribution in [0.2, 0.25) is 0 Å². The van der Waals surface area contributed by atoms with Crippen LogP contribution in [0.4, 0.5) is 5.82 Å². The number of rotatable bonds is 4. The van der Waals surface area contributed by atoms with E-state index in [1.807, 2.05) is 0 Å². The van der Waals surface area contributed by atoms with Crippen LogP contribution in [0, 0.1) is 19.8 Å². The highest BCUT2D eigenvalue weighted by Crippen LogP contribution is 2.35.